The number of aromatic nitrogens is 1. The Kier molecular flexibility index (Phi) is 5.87. The number of rotatable bonds is 6. The van der Waals surface area contributed by atoms with Gasteiger partial charge in [0.2, 0.25) is 0 Å². The van der Waals surface area contributed by atoms with Crippen LogP contribution in [-0.4, -0.2) is 11.2 Å². The van der Waals surface area contributed by atoms with Crippen molar-refractivity contribution in [2.45, 2.75) is 20.5 Å². The van der Waals surface area contributed by atoms with Gasteiger partial charge in [-0.2, -0.15) is 5.10 Å². The fourth-order valence-corrected chi connectivity index (χ4v) is 2.75. The van der Waals surface area contributed by atoms with Crippen LogP contribution in [0.4, 0.5) is 5.82 Å². The number of ether oxygens (including phenoxy) is 1. The van der Waals surface area contributed by atoms with Crippen LogP contribution in [-0.2, 0) is 6.61 Å². The molecule has 3 rings (SSSR count). The number of aryl methyl sites for hydroxylation is 2. The van der Waals surface area contributed by atoms with Gasteiger partial charge >= 0.3 is 0 Å². The second-order valence-corrected chi connectivity index (χ2v) is 6.42. The Bertz CT molecular complexity index is 870. The number of anilines is 1. The van der Waals surface area contributed by atoms with Crippen molar-refractivity contribution in [2.24, 2.45) is 5.10 Å². The smallest absolute Gasteiger partial charge is 0.146 e. The maximum atomic E-state index is 6.01. The Morgan fingerprint density at radius 3 is 2.46 bits per heavy atom. The summed E-state index contributed by atoms with van der Waals surface area (Å²) < 4.78 is 6.01. The normalized spacial score (nSPS) is 10.9. The first-order valence-corrected chi connectivity index (χ1v) is 8.68. The highest BCUT2D eigenvalue weighted by Gasteiger charge is 2.06. The Balaban J connectivity index is 1.66. The van der Waals surface area contributed by atoms with Gasteiger partial charge in [0.15, 0.2) is 0 Å². The third-order valence-corrected chi connectivity index (χ3v) is 4.09. The van der Waals surface area contributed by atoms with Crippen LogP contribution in [0.25, 0.3) is 0 Å². The molecule has 0 saturated heterocycles. The van der Waals surface area contributed by atoms with Crippen molar-refractivity contribution in [1.82, 2.24) is 4.98 Å². The lowest BCUT2D eigenvalue weighted by Gasteiger charge is -2.13. The second kappa shape index (κ2) is 8.50. The number of hydrogen-bond donors (Lipinski definition) is 1. The molecule has 0 aliphatic heterocycles. The summed E-state index contributed by atoms with van der Waals surface area (Å²) in [7, 11) is 0. The molecule has 0 bridgehead atoms. The van der Waals surface area contributed by atoms with Crippen molar-refractivity contribution in [3.8, 4) is 5.75 Å². The summed E-state index contributed by atoms with van der Waals surface area (Å²) in [5.74, 6) is 1.61. The number of halogens is 1. The van der Waals surface area contributed by atoms with Gasteiger partial charge in [0.1, 0.15) is 18.2 Å². The summed E-state index contributed by atoms with van der Waals surface area (Å²) in [6.45, 7) is 4.58. The monoisotopic (exact) mass is 365 g/mol. The minimum Gasteiger partial charge on any atom is -0.488 e. The molecular formula is C21H20ClN3O. The van der Waals surface area contributed by atoms with Gasteiger partial charge in [-0.1, -0.05) is 29.8 Å². The van der Waals surface area contributed by atoms with Gasteiger partial charge < -0.3 is 4.74 Å². The standard InChI is InChI=1S/C21H20ClN3O/c1-15-11-18(13-24-25-20-5-3-4-10-23-20)12-16(2)21(15)26-14-17-6-8-19(22)9-7-17/h3-13H,14H2,1-2H3,(H,23,25)/b24-13+. The van der Waals surface area contributed by atoms with Crippen LogP contribution < -0.4 is 10.2 Å². The van der Waals surface area contributed by atoms with Gasteiger partial charge in [-0.3, -0.25) is 5.43 Å². The molecule has 0 radical (unpaired) electrons. The van der Waals surface area contributed by atoms with E-state index in [9.17, 15) is 0 Å². The molecule has 0 spiro atoms. The number of pyridine rings is 1. The lowest BCUT2D eigenvalue weighted by molar-refractivity contribution is 0.302. The minimum absolute atomic E-state index is 0.507. The first-order chi connectivity index (χ1) is 12.6. The number of benzene rings is 2. The van der Waals surface area contributed by atoms with Crippen LogP contribution in [0.5, 0.6) is 5.75 Å². The second-order valence-electron chi connectivity index (χ2n) is 5.98. The van der Waals surface area contributed by atoms with Crippen molar-refractivity contribution in [3.63, 3.8) is 0 Å². The number of hydrazone groups is 1. The van der Waals surface area contributed by atoms with E-state index in [1.165, 1.54) is 0 Å². The number of nitrogens with one attached hydrogen (secondary N) is 1. The molecule has 3 aromatic rings. The summed E-state index contributed by atoms with van der Waals surface area (Å²) in [5, 5.41) is 4.96. The van der Waals surface area contributed by atoms with Crippen LogP contribution in [0.1, 0.15) is 22.3 Å². The Morgan fingerprint density at radius 2 is 1.81 bits per heavy atom. The van der Waals surface area contributed by atoms with E-state index in [1.54, 1.807) is 12.4 Å². The van der Waals surface area contributed by atoms with Gasteiger partial charge in [-0.15, -0.1) is 0 Å². The minimum atomic E-state index is 0.507. The number of hydrogen-bond acceptors (Lipinski definition) is 4. The Morgan fingerprint density at radius 1 is 1.08 bits per heavy atom. The van der Waals surface area contributed by atoms with E-state index >= 15 is 0 Å². The van der Waals surface area contributed by atoms with Crippen molar-refractivity contribution in [1.29, 1.82) is 0 Å². The summed E-state index contributed by atoms with van der Waals surface area (Å²) in [4.78, 5) is 4.16. The van der Waals surface area contributed by atoms with E-state index in [1.807, 2.05) is 68.4 Å². The molecule has 0 unspecified atom stereocenters. The zero-order valence-electron chi connectivity index (χ0n) is 14.7. The van der Waals surface area contributed by atoms with E-state index in [2.05, 4.69) is 15.5 Å². The average Bonchev–Trinajstić information content (AvgIpc) is 2.63. The van der Waals surface area contributed by atoms with Crippen molar-refractivity contribution < 1.29 is 4.74 Å². The van der Waals surface area contributed by atoms with Crippen LogP contribution in [0.2, 0.25) is 5.02 Å². The topological polar surface area (TPSA) is 46.5 Å². The van der Waals surface area contributed by atoms with Gasteiger partial charge in [0, 0.05) is 11.2 Å². The fraction of sp³-hybridized carbons (Fsp3) is 0.143. The molecule has 5 heteroatoms. The Hall–Kier alpha value is -2.85. The van der Waals surface area contributed by atoms with E-state index in [-0.39, 0.29) is 0 Å². The van der Waals surface area contributed by atoms with Crippen LogP contribution in [0.3, 0.4) is 0 Å². The lowest BCUT2D eigenvalue weighted by Crippen LogP contribution is -2.00. The van der Waals surface area contributed by atoms with E-state index in [4.69, 9.17) is 16.3 Å². The first-order valence-electron chi connectivity index (χ1n) is 8.30. The predicted molar refractivity (Wildman–Crippen MR) is 107 cm³/mol. The quantitative estimate of drug-likeness (QED) is 0.471. The highest BCUT2D eigenvalue weighted by Crippen LogP contribution is 2.25. The molecule has 0 amide bonds. The first kappa shape index (κ1) is 18.0. The fourth-order valence-electron chi connectivity index (χ4n) is 2.62. The van der Waals surface area contributed by atoms with Gasteiger partial charge in [0.05, 0.1) is 6.21 Å². The van der Waals surface area contributed by atoms with E-state index in [0.717, 1.165) is 33.0 Å². The SMILES string of the molecule is Cc1cc(/C=N/Nc2ccccn2)cc(C)c1OCc1ccc(Cl)cc1. The molecular weight excluding hydrogens is 346 g/mol. The third-order valence-electron chi connectivity index (χ3n) is 3.84. The molecule has 1 N–H and O–H groups in total. The summed E-state index contributed by atoms with van der Waals surface area (Å²) in [5.41, 5.74) is 7.13. The maximum absolute atomic E-state index is 6.01. The molecule has 4 nitrogen and oxygen atoms in total. The van der Waals surface area contributed by atoms with Crippen molar-refractivity contribution in [3.05, 3.63) is 88.1 Å². The molecule has 132 valence electrons. The molecule has 1 heterocycles. The van der Waals surface area contributed by atoms with Gasteiger partial charge in [-0.05, 0) is 72.5 Å². The van der Waals surface area contributed by atoms with Crippen LogP contribution in [0.15, 0.2) is 65.9 Å². The number of nitrogens with zero attached hydrogens (tertiary/aromatic N) is 2. The lowest BCUT2D eigenvalue weighted by atomic mass is 10.1. The molecule has 0 saturated carbocycles. The maximum Gasteiger partial charge on any atom is 0.146 e. The molecule has 2 aromatic carbocycles. The van der Waals surface area contributed by atoms with Crippen LogP contribution in [0, 0.1) is 13.8 Å². The van der Waals surface area contributed by atoms with Crippen molar-refractivity contribution in [2.75, 3.05) is 5.43 Å². The molecule has 26 heavy (non-hydrogen) atoms. The summed E-state index contributed by atoms with van der Waals surface area (Å²) in [6, 6.07) is 17.4. The highest BCUT2D eigenvalue weighted by atomic mass is 35.5. The zero-order chi connectivity index (χ0) is 18.4. The van der Waals surface area contributed by atoms with Crippen LogP contribution >= 0.6 is 11.6 Å². The molecule has 0 fully saturated rings. The Labute approximate surface area is 158 Å². The van der Waals surface area contributed by atoms with E-state index in [0.29, 0.717) is 12.4 Å². The third kappa shape index (κ3) is 4.83. The average molecular weight is 366 g/mol. The van der Waals surface area contributed by atoms with Crippen molar-refractivity contribution >= 4 is 23.6 Å². The summed E-state index contributed by atoms with van der Waals surface area (Å²) >= 11 is 5.92. The molecule has 0 aliphatic carbocycles. The van der Waals surface area contributed by atoms with Gasteiger partial charge in [-0.25, -0.2) is 4.98 Å². The van der Waals surface area contributed by atoms with Gasteiger partial charge in [0.25, 0.3) is 0 Å². The highest BCUT2D eigenvalue weighted by molar-refractivity contribution is 6.30. The largest absolute Gasteiger partial charge is 0.488 e. The van der Waals surface area contributed by atoms with E-state index < -0.39 is 0 Å². The summed E-state index contributed by atoms with van der Waals surface area (Å²) in [6.07, 6.45) is 3.50. The molecule has 0 aliphatic rings. The predicted octanol–water partition coefficient (Wildman–Crippen LogP) is 5.38. The molecule has 1 aromatic heterocycles. The zero-order valence-corrected chi connectivity index (χ0v) is 15.5. The molecule has 0 atom stereocenters.